The van der Waals surface area contributed by atoms with Gasteiger partial charge in [0.25, 0.3) is 0 Å². The molecule has 0 aliphatic heterocycles. The molecule has 0 aliphatic carbocycles. The van der Waals surface area contributed by atoms with Gasteiger partial charge in [-0.25, -0.2) is 0 Å². The number of benzene rings is 1. The molecule has 0 spiro atoms. The first-order valence-corrected chi connectivity index (χ1v) is 5.96. The van der Waals surface area contributed by atoms with E-state index >= 15 is 0 Å². The van der Waals surface area contributed by atoms with E-state index in [2.05, 4.69) is 46.8 Å². The summed E-state index contributed by atoms with van der Waals surface area (Å²) in [4.78, 5) is 10.8. The monoisotopic (exact) mass is 234 g/mol. The highest BCUT2D eigenvalue weighted by Crippen LogP contribution is 2.29. The lowest BCUT2D eigenvalue weighted by Gasteiger charge is -2.25. The van der Waals surface area contributed by atoms with Gasteiger partial charge in [-0.1, -0.05) is 32.9 Å². The van der Waals surface area contributed by atoms with Gasteiger partial charge in [0.2, 0.25) is 0 Å². The molecule has 0 amide bonds. The quantitative estimate of drug-likeness (QED) is 0.730. The van der Waals surface area contributed by atoms with Crippen molar-refractivity contribution in [3.8, 4) is 0 Å². The summed E-state index contributed by atoms with van der Waals surface area (Å²) in [6.45, 7) is 12.7. The van der Waals surface area contributed by atoms with E-state index in [4.69, 9.17) is 4.74 Å². The van der Waals surface area contributed by atoms with Crippen LogP contribution in [0.4, 0.5) is 0 Å². The fraction of sp³-hybridized carbons (Fsp3) is 0.533. The van der Waals surface area contributed by atoms with Crippen LogP contribution in [0.2, 0.25) is 0 Å². The second-order valence-corrected chi connectivity index (χ2v) is 5.63. The summed E-state index contributed by atoms with van der Waals surface area (Å²) in [5.41, 5.74) is 5.11. The number of ether oxygens (including phenoxy) is 1. The summed E-state index contributed by atoms with van der Waals surface area (Å²) >= 11 is 0. The number of aryl methyl sites for hydroxylation is 2. The largest absolute Gasteiger partial charge is 0.461 e. The molecule has 1 rings (SSSR count). The normalized spacial score (nSPS) is 11.4. The predicted octanol–water partition coefficient (Wildman–Crippen LogP) is 3.66. The van der Waals surface area contributed by atoms with E-state index in [1.807, 2.05) is 0 Å². The van der Waals surface area contributed by atoms with Crippen LogP contribution in [0.25, 0.3) is 0 Å². The van der Waals surface area contributed by atoms with E-state index in [0.29, 0.717) is 6.61 Å². The van der Waals surface area contributed by atoms with Gasteiger partial charge in [0.15, 0.2) is 0 Å². The fourth-order valence-corrected chi connectivity index (χ4v) is 2.50. The molecular weight excluding hydrogens is 212 g/mol. The molecule has 1 aromatic rings. The maximum absolute atomic E-state index is 10.8. The Kier molecular flexibility index (Phi) is 3.97. The third kappa shape index (κ3) is 3.58. The summed E-state index contributed by atoms with van der Waals surface area (Å²) in [5.74, 6) is -0.236. The Morgan fingerprint density at radius 3 is 2.00 bits per heavy atom. The SMILES string of the molecule is CC(=O)OCc1cc(C)c(C(C)(C)C)c(C)c1. The maximum Gasteiger partial charge on any atom is 0.302 e. The van der Waals surface area contributed by atoms with Crippen LogP contribution in [-0.2, 0) is 21.6 Å². The number of rotatable bonds is 2. The summed E-state index contributed by atoms with van der Waals surface area (Å²) in [7, 11) is 0. The van der Waals surface area contributed by atoms with Gasteiger partial charge < -0.3 is 4.74 Å². The molecule has 0 radical (unpaired) electrons. The molecule has 1 aromatic carbocycles. The van der Waals surface area contributed by atoms with Gasteiger partial charge in [-0.15, -0.1) is 0 Å². The van der Waals surface area contributed by atoms with Crippen molar-refractivity contribution in [1.82, 2.24) is 0 Å². The average molecular weight is 234 g/mol. The standard InChI is InChI=1S/C15H22O2/c1-10-7-13(9-17-12(3)16)8-11(2)14(10)15(4,5)6/h7-8H,9H2,1-6H3. The number of hydrogen-bond acceptors (Lipinski definition) is 2. The Balaban J connectivity index is 3.06. The van der Waals surface area contributed by atoms with Crippen molar-refractivity contribution in [3.05, 3.63) is 34.4 Å². The highest BCUT2D eigenvalue weighted by atomic mass is 16.5. The van der Waals surface area contributed by atoms with Crippen molar-refractivity contribution in [3.63, 3.8) is 0 Å². The smallest absolute Gasteiger partial charge is 0.302 e. The topological polar surface area (TPSA) is 26.3 Å². The molecule has 0 heterocycles. The first-order chi connectivity index (χ1) is 7.71. The van der Waals surface area contributed by atoms with Crippen LogP contribution >= 0.6 is 0 Å². The van der Waals surface area contributed by atoms with E-state index in [1.165, 1.54) is 23.6 Å². The van der Waals surface area contributed by atoms with Crippen molar-refractivity contribution in [2.75, 3.05) is 0 Å². The third-order valence-electron chi connectivity index (χ3n) is 2.78. The Bertz CT molecular complexity index is 402. The Morgan fingerprint density at radius 2 is 1.65 bits per heavy atom. The van der Waals surface area contributed by atoms with Crippen molar-refractivity contribution in [2.24, 2.45) is 0 Å². The molecule has 0 aromatic heterocycles. The molecule has 0 N–H and O–H groups in total. The van der Waals surface area contributed by atoms with Crippen molar-refractivity contribution in [2.45, 2.75) is 53.6 Å². The molecule has 0 saturated carbocycles. The average Bonchev–Trinajstić information content (AvgIpc) is 2.11. The molecule has 0 bridgehead atoms. The number of hydrogen-bond donors (Lipinski definition) is 0. The molecule has 0 unspecified atom stereocenters. The molecule has 2 nitrogen and oxygen atoms in total. The summed E-state index contributed by atoms with van der Waals surface area (Å²) in [6, 6.07) is 4.22. The van der Waals surface area contributed by atoms with Crippen LogP contribution in [0.3, 0.4) is 0 Å². The zero-order valence-corrected chi connectivity index (χ0v) is 11.7. The van der Waals surface area contributed by atoms with Crippen LogP contribution < -0.4 is 0 Å². The minimum Gasteiger partial charge on any atom is -0.461 e. The highest BCUT2D eigenvalue weighted by Gasteiger charge is 2.19. The minimum atomic E-state index is -0.236. The Morgan fingerprint density at radius 1 is 1.18 bits per heavy atom. The van der Waals surface area contributed by atoms with Gasteiger partial charge in [-0.2, -0.15) is 0 Å². The second kappa shape index (κ2) is 4.91. The number of esters is 1. The van der Waals surface area contributed by atoms with Crippen LogP contribution in [0.1, 0.15) is 49.9 Å². The van der Waals surface area contributed by atoms with E-state index in [9.17, 15) is 4.79 Å². The molecule has 2 heteroatoms. The molecule has 0 atom stereocenters. The minimum absolute atomic E-state index is 0.147. The Labute approximate surface area is 104 Å². The van der Waals surface area contributed by atoms with Gasteiger partial charge >= 0.3 is 5.97 Å². The second-order valence-electron chi connectivity index (χ2n) is 5.63. The molecule has 94 valence electrons. The third-order valence-corrected chi connectivity index (χ3v) is 2.78. The summed E-state index contributed by atoms with van der Waals surface area (Å²) < 4.78 is 5.02. The number of carbonyl (C=O) groups is 1. The van der Waals surface area contributed by atoms with Crippen LogP contribution in [0, 0.1) is 13.8 Å². The lowest BCUT2D eigenvalue weighted by Crippen LogP contribution is -2.15. The van der Waals surface area contributed by atoms with Gasteiger partial charge in [-0.3, -0.25) is 4.79 Å². The van der Waals surface area contributed by atoms with E-state index in [1.54, 1.807) is 0 Å². The van der Waals surface area contributed by atoms with Crippen LogP contribution in [-0.4, -0.2) is 5.97 Å². The lowest BCUT2D eigenvalue weighted by molar-refractivity contribution is -0.142. The van der Waals surface area contributed by atoms with E-state index in [0.717, 1.165) is 5.56 Å². The summed E-state index contributed by atoms with van der Waals surface area (Å²) in [6.07, 6.45) is 0. The first-order valence-electron chi connectivity index (χ1n) is 5.96. The lowest BCUT2D eigenvalue weighted by atomic mass is 9.80. The molecule has 0 saturated heterocycles. The first kappa shape index (κ1) is 13.8. The fourth-order valence-electron chi connectivity index (χ4n) is 2.50. The van der Waals surface area contributed by atoms with Crippen LogP contribution in [0.5, 0.6) is 0 Å². The van der Waals surface area contributed by atoms with Gasteiger partial charge in [-0.05, 0) is 41.5 Å². The Hall–Kier alpha value is -1.31. The molecule has 0 aliphatic rings. The molecular formula is C15H22O2. The van der Waals surface area contributed by atoms with Crippen molar-refractivity contribution >= 4 is 5.97 Å². The van der Waals surface area contributed by atoms with E-state index in [-0.39, 0.29) is 11.4 Å². The maximum atomic E-state index is 10.8. The van der Waals surface area contributed by atoms with Gasteiger partial charge in [0.05, 0.1) is 0 Å². The molecule has 17 heavy (non-hydrogen) atoms. The summed E-state index contributed by atoms with van der Waals surface area (Å²) in [5, 5.41) is 0. The zero-order valence-electron chi connectivity index (χ0n) is 11.7. The van der Waals surface area contributed by atoms with Gasteiger partial charge in [0, 0.05) is 6.92 Å². The number of carbonyl (C=O) groups excluding carboxylic acids is 1. The van der Waals surface area contributed by atoms with Crippen molar-refractivity contribution in [1.29, 1.82) is 0 Å². The van der Waals surface area contributed by atoms with E-state index < -0.39 is 0 Å². The molecule has 0 fully saturated rings. The van der Waals surface area contributed by atoms with Gasteiger partial charge in [0.1, 0.15) is 6.61 Å². The van der Waals surface area contributed by atoms with Crippen LogP contribution in [0.15, 0.2) is 12.1 Å². The van der Waals surface area contributed by atoms with Crippen molar-refractivity contribution < 1.29 is 9.53 Å². The highest BCUT2D eigenvalue weighted by molar-refractivity contribution is 5.65. The predicted molar refractivity (Wildman–Crippen MR) is 70.1 cm³/mol. The zero-order chi connectivity index (χ0) is 13.2.